The van der Waals surface area contributed by atoms with Gasteiger partial charge in [0, 0.05) is 53.6 Å². The summed E-state index contributed by atoms with van der Waals surface area (Å²) in [4.78, 5) is 35.6. The van der Waals surface area contributed by atoms with Crippen molar-refractivity contribution >= 4 is 49.7 Å². The highest BCUT2D eigenvalue weighted by molar-refractivity contribution is 8.72. The zero-order valence-electron chi connectivity index (χ0n) is 18.9. The molecule has 0 spiro atoms. The lowest BCUT2D eigenvalue weighted by Gasteiger charge is -2.38. The maximum atomic E-state index is 12.8. The summed E-state index contributed by atoms with van der Waals surface area (Å²) in [6.45, 7) is 6.25. The van der Waals surface area contributed by atoms with Gasteiger partial charge in [0.1, 0.15) is 17.4 Å². The van der Waals surface area contributed by atoms with Crippen LogP contribution in [0.4, 0.5) is 5.82 Å². The van der Waals surface area contributed by atoms with Gasteiger partial charge in [-0.25, -0.2) is 9.97 Å². The molecule has 2 aromatic rings. The molecule has 8 nitrogen and oxygen atoms in total. The highest BCUT2D eigenvalue weighted by Gasteiger charge is 2.30. The predicted octanol–water partition coefficient (Wildman–Crippen LogP) is 3.78. The van der Waals surface area contributed by atoms with Crippen molar-refractivity contribution < 1.29 is 14.1 Å². The number of hydrogen-bond acceptors (Lipinski definition) is 7. The highest BCUT2D eigenvalue weighted by Crippen LogP contribution is 2.33. The molecule has 0 saturated carbocycles. The lowest BCUT2D eigenvalue weighted by molar-refractivity contribution is -0.129. The second-order valence-electron chi connectivity index (χ2n) is 8.74. The average molecular weight is 490 g/mol. The first-order valence-electron chi connectivity index (χ1n) is 11.6. The molecule has 2 saturated heterocycles. The molecule has 2 aliphatic rings. The molecule has 2 aromatic heterocycles. The van der Waals surface area contributed by atoms with E-state index < -0.39 is 10.2 Å². The Kier molecular flexibility index (Phi) is 7.98. The molecule has 1 amide bonds. The second kappa shape index (κ2) is 10.9. The van der Waals surface area contributed by atoms with Gasteiger partial charge in [-0.05, 0) is 51.2 Å². The summed E-state index contributed by atoms with van der Waals surface area (Å²) in [6.07, 6.45) is 10.5. The van der Waals surface area contributed by atoms with Crippen molar-refractivity contribution in [3.05, 3.63) is 31.2 Å². The van der Waals surface area contributed by atoms with Crippen LogP contribution in [0.25, 0.3) is 11.0 Å². The van der Waals surface area contributed by atoms with Gasteiger partial charge in [0.2, 0.25) is 11.8 Å². The summed E-state index contributed by atoms with van der Waals surface area (Å²) in [5, 5.41) is 4.53. The molecule has 0 radical (unpaired) electrons. The number of fused-ring (bicyclic) bond motifs is 1. The van der Waals surface area contributed by atoms with E-state index in [2.05, 4.69) is 28.8 Å². The third-order valence-electron chi connectivity index (χ3n) is 6.51. The first-order chi connectivity index (χ1) is 16.0. The molecule has 4 rings (SSSR count). The Morgan fingerprint density at radius 3 is 2.94 bits per heavy atom. The molecular weight excluding hydrogens is 458 g/mol. The van der Waals surface area contributed by atoms with Crippen LogP contribution in [0.1, 0.15) is 56.7 Å². The summed E-state index contributed by atoms with van der Waals surface area (Å²) >= 11 is 0. The Morgan fingerprint density at radius 2 is 2.18 bits per heavy atom. The van der Waals surface area contributed by atoms with Crippen LogP contribution in [0.3, 0.4) is 0 Å². The van der Waals surface area contributed by atoms with Crippen LogP contribution < -0.4 is 5.32 Å². The first-order valence-corrected chi connectivity index (χ1v) is 14.3. The van der Waals surface area contributed by atoms with Crippen LogP contribution in [0.15, 0.2) is 31.2 Å². The number of carbonyl (C=O) groups is 2. The number of rotatable bonds is 8. The van der Waals surface area contributed by atoms with E-state index in [-0.39, 0.29) is 29.1 Å². The topological polar surface area (TPSA) is 103 Å². The van der Waals surface area contributed by atoms with E-state index >= 15 is 0 Å². The number of piperidine rings is 1. The van der Waals surface area contributed by atoms with Gasteiger partial charge in [0.15, 0.2) is 5.65 Å². The standard InChI is InChI=1S/C23H31N5O3S2/c1-3-20(29)28-14-17(9-8-16(28)2)26-22-19-10-12-27(23(19)25-15-24-22)21(30)7-5-4-6-18-11-13-32-33(18)31/h3,10,12,15-18H,1,4-9,11,13-14H2,2H3,(H,24,25,26)/t16-,17+,18+,33?/m0/s1. The molecule has 4 heterocycles. The largest absolute Gasteiger partial charge is 0.605 e. The summed E-state index contributed by atoms with van der Waals surface area (Å²) < 4.78 is 13.5. The maximum Gasteiger partial charge on any atom is 0.246 e. The van der Waals surface area contributed by atoms with Crippen molar-refractivity contribution in [3.8, 4) is 0 Å². The first kappa shape index (κ1) is 24.1. The molecule has 0 aliphatic carbocycles. The van der Waals surface area contributed by atoms with Gasteiger partial charge in [0.25, 0.3) is 0 Å². The molecule has 4 atom stereocenters. The minimum absolute atomic E-state index is 0.00538. The van der Waals surface area contributed by atoms with Crippen molar-refractivity contribution in [1.82, 2.24) is 19.4 Å². The van der Waals surface area contributed by atoms with Gasteiger partial charge < -0.3 is 14.8 Å². The molecule has 33 heavy (non-hydrogen) atoms. The maximum absolute atomic E-state index is 12.8. The number of nitrogens with one attached hydrogen (secondary N) is 1. The molecule has 1 N–H and O–H groups in total. The van der Waals surface area contributed by atoms with Crippen molar-refractivity contribution in [3.63, 3.8) is 0 Å². The Bertz CT molecular complexity index is 1010. The van der Waals surface area contributed by atoms with E-state index in [0.717, 1.165) is 49.7 Å². The van der Waals surface area contributed by atoms with Crippen molar-refractivity contribution in [2.24, 2.45) is 0 Å². The van der Waals surface area contributed by atoms with E-state index in [0.29, 0.717) is 24.4 Å². The fraction of sp³-hybridized carbons (Fsp3) is 0.565. The number of carbonyl (C=O) groups excluding carboxylic acids is 2. The second-order valence-corrected chi connectivity index (χ2v) is 12.3. The number of anilines is 1. The van der Waals surface area contributed by atoms with E-state index in [9.17, 15) is 14.1 Å². The molecule has 178 valence electrons. The summed E-state index contributed by atoms with van der Waals surface area (Å²) in [5.41, 5.74) is 0.592. The lowest BCUT2D eigenvalue weighted by atomic mass is 9.99. The van der Waals surface area contributed by atoms with E-state index in [4.69, 9.17) is 0 Å². The Labute approximate surface area is 201 Å². The lowest BCUT2D eigenvalue weighted by Crippen LogP contribution is -2.49. The van der Waals surface area contributed by atoms with Crippen molar-refractivity contribution in [2.75, 3.05) is 17.6 Å². The number of nitrogens with zero attached hydrogens (tertiary/aromatic N) is 4. The van der Waals surface area contributed by atoms with Gasteiger partial charge in [-0.1, -0.05) is 6.58 Å². The highest BCUT2D eigenvalue weighted by atomic mass is 33.1. The quantitative estimate of drug-likeness (QED) is 0.260. The van der Waals surface area contributed by atoms with E-state index in [1.165, 1.54) is 12.4 Å². The van der Waals surface area contributed by atoms with Crippen molar-refractivity contribution in [2.45, 2.75) is 69.2 Å². The normalized spacial score (nSPS) is 25.3. The fourth-order valence-electron chi connectivity index (χ4n) is 4.57. The molecule has 0 aromatic carbocycles. The summed E-state index contributed by atoms with van der Waals surface area (Å²) in [7, 11) is 0.782. The third kappa shape index (κ3) is 5.55. The molecule has 2 aliphatic heterocycles. The third-order valence-corrected chi connectivity index (χ3v) is 10.2. The van der Waals surface area contributed by atoms with Crippen LogP contribution in [-0.2, 0) is 15.0 Å². The molecule has 1 unspecified atom stereocenters. The zero-order valence-corrected chi connectivity index (χ0v) is 20.6. The number of likely N-dealkylation sites (tertiary alicyclic amines) is 1. The molecule has 10 heteroatoms. The van der Waals surface area contributed by atoms with Gasteiger partial charge in [-0.3, -0.25) is 14.2 Å². The fourth-order valence-corrected chi connectivity index (χ4v) is 8.07. The Hall–Kier alpha value is -2.04. The van der Waals surface area contributed by atoms with Crippen LogP contribution >= 0.6 is 10.8 Å². The SMILES string of the molecule is C=CC(=O)N1C[C@H](Nc2ncnc3c2ccn3C(=O)CCCC[C@@H]2CCS[S+]2[O-])CC[C@@H]1C. The Morgan fingerprint density at radius 1 is 1.33 bits per heavy atom. The number of amides is 1. The molecular formula is C23H31N5O3S2. The minimum atomic E-state index is -0.761. The van der Waals surface area contributed by atoms with Crippen LogP contribution in [0.5, 0.6) is 0 Å². The monoisotopic (exact) mass is 489 g/mol. The number of hydrogen-bond donors (Lipinski definition) is 1. The van der Waals surface area contributed by atoms with Crippen molar-refractivity contribution in [1.29, 1.82) is 0 Å². The minimum Gasteiger partial charge on any atom is -0.605 e. The van der Waals surface area contributed by atoms with E-state index in [1.54, 1.807) is 21.6 Å². The zero-order chi connectivity index (χ0) is 23.4. The number of unbranched alkanes of at least 4 members (excludes halogenated alkanes) is 1. The van der Waals surface area contributed by atoms with Crippen LogP contribution in [-0.4, -0.2) is 65.4 Å². The Balaban J connectivity index is 1.37. The van der Waals surface area contributed by atoms with E-state index in [1.807, 2.05) is 11.0 Å². The summed E-state index contributed by atoms with van der Waals surface area (Å²) in [6, 6.07) is 2.12. The van der Waals surface area contributed by atoms with Gasteiger partial charge in [-0.15, -0.1) is 0 Å². The molecule has 2 fully saturated rings. The average Bonchev–Trinajstić information content (AvgIpc) is 3.44. The van der Waals surface area contributed by atoms with Gasteiger partial charge in [-0.2, -0.15) is 0 Å². The number of aromatic nitrogens is 3. The van der Waals surface area contributed by atoms with Gasteiger partial charge >= 0.3 is 0 Å². The van der Waals surface area contributed by atoms with Crippen LogP contribution in [0, 0.1) is 0 Å². The molecule has 0 bridgehead atoms. The predicted molar refractivity (Wildman–Crippen MR) is 134 cm³/mol. The van der Waals surface area contributed by atoms with Gasteiger partial charge in [0.05, 0.1) is 16.2 Å². The smallest absolute Gasteiger partial charge is 0.246 e. The summed E-state index contributed by atoms with van der Waals surface area (Å²) in [5.74, 6) is 1.60. The van der Waals surface area contributed by atoms with Crippen LogP contribution in [0.2, 0.25) is 0 Å².